The van der Waals surface area contributed by atoms with Gasteiger partial charge in [-0.05, 0) is 50.2 Å². The van der Waals surface area contributed by atoms with Crippen LogP contribution >= 0.6 is 0 Å². The Balaban J connectivity index is 1.70. The van der Waals surface area contributed by atoms with Gasteiger partial charge in [-0.15, -0.1) is 0 Å². The SMILES string of the molecule is CCOc1ccc(CN(C)[C@H](C)C(=O)Nc2ccccc2-c2ccccc2)cc1OC. The molecule has 3 aromatic carbocycles. The molecule has 0 aromatic heterocycles. The average molecular weight is 419 g/mol. The number of methoxy groups -OCH3 is 1. The van der Waals surface area contributed by atoms with Gasteiger partial charge in [0.05, 0.1) is 19.8 Å². The monoisotopic (exact) mass is 418 g/mol. The Morgan fingerprint density at radius 2 is 1.71 bits per heavy atom. The van der Waals surface area contributed by atoms with E-state index in [4.69, 9.17) is 9.47 Å². The molecule has 0 aliphatic heterocycles. The maximum atomic E-state index is 13.0. The molecule has 1 N–H and O–H groups in total. The maximum absolute atomic E-state index is 13.0. The van der Waals surface area contributed by atoms with Gasteiger partial charge in [-0.1, -0.05) is 54.6 Å². The molecule has 3 aromatic rings. The Labute approximate surface area is 184 Å². The van der Waals surface area contributed by atoms with Crippen molar-refractivity contribution in [3.05, 3.63) is 78.4 Å². The van der Waals surface area contributed by atoms with Crippen LogP contribution in [0.4, 0.5) is 5.69 Å². The lowest BCUT2D eigenvalue weighted by Crippen LogP contribution is -2.39. The molecule has 0 aliphatic rings. The van der Waals surface area contributed by atoms with Gasteiger partial charge in [-0.25, -0.2) is 0 Å². The molecular weight excluding hydrogens is 388 g/mol. The van der Waals surface area contributed by atoms with Crippen LogP contribution in [0.2, 0.25) is 0 Å². The minimum absolute atomic E-state index is 0.0521. The summed E-state index contributed by atoms with van der Waals surface area (Å²) < 4.78 is 11.0. The van der Waals surface area contributed by atoms with E-state index in [1.54, 1.807) is 7.11 Å². The standard InChI is InChI=1S/C26H30N2O3/c1-5-31-24-16-15-20(17-25(24)30-4)18-28(3)19(2)26(29)27-23-14-10-9-13-22(23)21-11-7-6-8-12-21/h6-17,19H,5,18H2,1-4H3,(H,27,29)/t19-/m1/s1. The van der Waals surface area contributed by atoms with Crippen molar-refractivity contribution in [3.63, 3.8) is 0 Å². The normalized spacial score (nSPS) is 11.8. The molecular formula is C26H30N2O3. The molecule has 0 fully saturated rings. The fourth-order valence-electron chi connectivity index (χ4n) is 3.41. The summed E-state index contributed by atoms with van der Waals surface area (Å²) in [6.45, 7) is 5.04. The molecule has 162 valence electrons. The fraction of sp³-hybridized carbons (Fsp3) is 0.269. The number of benzene rings is 3. The van der Waals surface area contributed by atoms with Gasteiger partial charge in [-0.2, -0.15) is 0 Å². The molecule has 5 nitrogen and oxygen atoms in total. The smallest absolute Gasteiger partial charge is 0.241 e. The summed E-state index contributed by atoms with van der Waals surface area (Å²) in [7, 11) is 3.57. The number of hydrogen-bond donors (Lipinski definition) is 1. The van der Waals surface area contributed by atoms with Crippen molar-refractivity contribution in [3.8, 4) is 22.6 Å². The fourth-order valence-corrected chi connectivity index (χ4v) is 3.41. The van der Waals surface area contributed by atoms with Crippen LogP contribution in [-0.4, -0.2) is 37.6 Å². The topological polar surface area (TPSA) is 50.8 Å². The van der Waals surface area contributed by atoms with Crippen LogP contribution in [0.1, 0.15) is 19.4 Å². The zero-order valence-electron chi connectivity index (χ0n) is 18.6. The number of likely N-dealkylation sites (N-methyl/N-ethyl adjacent to an activating group) is 1. The van der Waals surface area contributed by atoms with Gasteiger partial charge in [-0.3, -0.25) is 9.69 Å². The van der Waals surface area contributed by atoms with Crippen LogP contribution in [-0.2, 0) is 11.3 Å². The van der Waals surface area contributed by atoms with E-state index in [0.717, 1.165) is 28.1 Å². The second kappa shape index (κ2) is 10.6. The Morgan fingerprint density at radius 1 is 1.00 bits per heavy atom. The highest BCUT2D eigenvalue weighted by Gasteiger charge is 2.20. The summed E-state index contributed by atoms with van der Waals surface area (Å²) in [5.41, 5.74) is 3.93. The first-order valence-electron chi connectivity index (χ1n) is 10.5. The van der Waals surface area contributed by atoms with Crippen LogP contribution < -0.4 is 14.8 Å². The largest absolute Gasteiger partial charge is 0.493 e. The maximum Gasteiger partial charge on any atom is 0.241 e. The van der Waals surface area contributed by atoms with Crippen molar-refractivity contribution in [2.75, 3.05) is 26.1 Å². The zero-order valence-corrected chi connectivity index (χ0v) is 18.6. The molecule has 5 heteroatoms. The van der Waals surface area contributed by atoms with Crippen molar-refractivity contribution >= 4 is 11.6 Å². The van der Waals surface area contributed by atoms with E-state index in [2.05, 4.69) is 5.32 Å². The quantitative estimate of drug-likeness (QED) is 0.518. The van der Waals surface area contributed by atoms with Crippen molar-refractivity contribution in [2.45, 2.75) is 26.4 Å². The first-order valence-corrected chi connectivity index (χ1v) is 10.5. The van der Waals surface area contributed by atoms with Crippen molar-refractivity contribution < 1.29 is 14.3 Å². The Bertz CT molecular complexity index is 1000. The first kappa shape index (κ1) is 22.4. The third-order valence-corrected chi connectivity index (χ3v) is 5.27. The van der Waals surface area contributed by atoms with Crippen LogP contribution in [0.15, 0.2) is 72.8 Å². The Kier molecular flexibility index (Phi) is 7.68. The lowest BCUT2D eigenvalue weighted by Gasteiger charge is -2.25. The van der Waals surface area contributed by atoms with Crippen molar-refractivity contribution in [2.24, 2.45) is 0 Å². The minimum Gasteiger partial charge on any atom is -0.493 e. The third kappa shape index (κ3) is 5.64. The lowest BCUT2D eigenvalue weighted by molar-refractivity contribution is -0.120. The average Bonchev–Trinajstić information content (AvgIpc) is 2.80. The summed E-state index contributed by atoms with van der Waals surface area (Å²) in [4.78, 5) is 15.0. The summed E-state index contributed by atoms with van der Waals surface area (Å²) in [6.07, 6.45) is 0. The number of nitrogens with zero attached hydrogens (tertiary/aromatic N) is 1. The number of anilines is 1. The molecule has 0 saturated carbocycles. The molecule has 0 saturated heterocycles. The number of carbonyl (C=O) groups excluding carboxylic acids is 1. The van der Waals surface area contributed by atoms with Crippen LogP contribution in [0.3, 0.4) is 0 Å². The van der Waals surface area contributed by atoms with Gasteiger partial charge in [0.15, 0.2) is 11.5 Å². The summed E-state index contributed by atoms with van der Waals surface area (Å²) in [5.74, 6) is 1.37. The second-order valence-corrected chi connectivity index (χ2v) is 7.41. The molecule has 3 rings (SSSR count). The molecule has 1 amide bonds. The number of nitrogens with one attached hydrogen (secondary N) is 1. The number of hydrogen-bond acceptors (Lipinski definition) is 4. The van der Waals surface area contributed by atoms with Gasteiger partial charge in [0, 0.05) is 17.8 Å². The van der Waals surface area contributed by atoms with Crippen LogP contribution in [0, 0.1) is 0 Å². The number of carbonyl (C=O) groups is 1. The molecule has 0 aliphatic carbocycles. The van der Waals surface area contributed by atoms with E-state index < -0.39 is 0 Å². The van der Waals surface area contributed by atoms with Crippen molar-refractivity contribution in [1.29, 1.82) is 0 Å². The third-order valence-electron chi connectivity index (χ3n) is 5.27. The Morgan fingerprint density at radius 3 is 2.42 bits per heavy atom. The Hall–Kier alpha value is -3.31. The number of amides is 1. The second-order valence-electron chi connectivity index (χ2n) is 7.41. The van der Waals surface area contributed by atoms with E-state index in [-0.39, 0.29) is 11.9 Å². The van der Waals surface area contributed by atoms with E-state index in [9.17, 15) is 4.79 Å². The van der Waals surface area contributed by atoms with Crippen molar-refractivity contribution in [1.82, 2.24) is 4.90 Å². The predicted octanol–water partition coefficient (Wildman–Crippen LogP) is 5.22. The van der Waals surface area contributed by atoms with Gasteiger partial charge in [0.25, 0.3) is 0 Å². The highest BCUT2D eigenvalue weighted by molar-refractivity contribution is 5.98. The highest BCUT2D eigenvalue weighted by Crippen LogP contribution is 2.29. The number of ether oxygens (including phenoxy) is 2. The molecule has 1 atom stereocenters. The molecule has 0 unspecified atom stereocenters. The molecule has 0 bridgehead atoms. The molecule has 0 spiro atoms. The molecule has 31 heavy (non-hydrogen) atoms. The van der Waals surface area contributed by atoms with E-state index in [0.29, 0.717) is 18.9 Å². The van der Waals surface area contributed by atoms with Gasteiger partial charge in [0.1, 0.15) is 0 Å². The summed E-state index contributed by atoms with van der Waals surface area (Å²) in [5, 5.41) is 3.10. The van der Waals surface area contributed by atoms with Crippen LogP contribution in [0.25, 0.3) is 11.1 Å². The number of rotatable bonds is 9. The minimum atomic E-state index is -0.318. The van der Waals surface area contributed by atoms with Crippen LogP contribution in [0.5, 0.6) is 11.5 Å². The zero-order chi connectivity index (χ0) is 22.2. The van der Waals surface area contributed by atoms with E-state index >= 15 is 0 Å². The lowest BCUT2D eigenvalue weighted by atomic mass is 10.0. The summed E-state index contributed by atoms with van der Waals surface area (Å²) >= 11 is 0. The van der Waals surface area contributed by atoms with E-state index in [1.165, 1.54) is 0 Å². The predicted molar refractivity (Wildman–Crippen MR) is 126 cm³/mol. The molecule has 0 radical (unpaired) electrons. The first-order chi connectivity index (χ1) is 15.0. The number of para-hydroxylation sites is 1. The van der Waals surface area contributed by atoms with Gasteiger partial charge >= 0.3 is 0 Å². The molecule has 0 heterocycles. The van der Waals surface area contributed by atoms with E-state index in [1.807, 2.05) is 98.6 Å². The summed E-state index contributed by atoms with van der Waals surface area (Å²) in [6, 6.07) is 23.5. The highest BCUT2D eigenvalue weighted by atomic mass is 16.5. The van der Waals surface area contributed by atoms with Gasteiger partial charge in [0.2, 0.25) is 5.91 Å². The van der Waals surface area contributed by atoms with Gasteiger partial charge < -0.3 is 14.8 Å².